The van der Waals surface area contributed by atoms with Gasteiger partial charge in [0.1, 0.15) is 17.3 Å². The van der Waals surface area contributed by atoms with Crippen molar-refractivity contribution in [3.63, 3.8) is 0 Å². The zero-order chi connectivity index (χ0) is 20.4. The average molecular weight is 404 g/mol. The first-order valence-corrected chi connectivity index (χ1v) is 9.92. The summed E-state index contributed by atoms with van der Waals surface area (Å²) >= 11 is 1.34. The van der Waals surface area contributed by atoms with Crippen molar-refractivity contribution in [2.24, 2.45) is 4.99 Å². The lowest BCUT2D eigenvalue weighted by molar-refractivity contribution is -0.121. The van der Waals surface area contributed by atoms with Crippen molar-refractivity contribution < 1.29 is 13.9 Å². The van der Waals surface area contributed by atoms with Crippen LogP contribution in [0.2, 0.25) is 0 Å². The van der Waals surface area contributed by atoms with Gasteiger partial charge in [-0.2, -0.15) is 0 Å². The minimum atomic E-state index is -0.0942. The Bertz CT molecular complexity index is 1100. The Balaban J connectivity index is 1.56. The van der Waals surface area contributed by atoms with Gasteiger partial charge in [0.15, 0.2) is 5.17 Å². The summed E-state index contributed by atoms with van der Waals surface area (Å²) in [5.74, 6) is 2.05. The maximum atomic E-state index is 12.6. The number of methoxy groups -OCH3 is 1. The molecule has 2 heterocycles. The fourth-order valence-corrected chi connectivity index (χ4v) is 3.82. The second kappa shape index (κ2) is 8.01. The number of hydrogen-bond acceptors (Lipinski definition) is 5. The van der Waals surface area contributed by atoms with Gasteiger partial charge < -0.3 is 9.15 Å². The molecule has 0 unspecified atom stereocenters. The number of furan rings is 1. The molecule has 1 fully saturated rings. The zero-order valence-corrected chi connectivity index (χ0v) is 17.2. The molecular weight excluding hydrogens is 384 g/mol. The van der Waals surface area contributed by atoms with Gasteiger partial charge in [0.05, 0.1) is 17.7 Å². The summed E-state index contributed by atoms with van der Waals surface area (Å²) in [5.41, 5.74) is 2.93. The molecule has 5 nitrogen and oxygen atoms in total. The normalized spacial score (nSPS) is 16.8. The van der Waals surface area contributed by atoms with E-state index in [-0.39, 0.29) is 5.91 Å². The van der Waals surface area contributed by atoms with Crippen LogP contribution in [-0.4, -0.2) is 30.1 Å². The van der Waals surface area contributed by atoms with Crippen molar-refractivity contribution in [3.8, 4) is 17.1 Å². The van der Waals surface area contributed by atoms with Crippen LogP contribution in [0.5, 0.6) is 5.75 Å². The highest BCUT2D eigenvalue weighted by molar-refractivity contribution is 8.18. The summed E-state index contributed by atoms with van der Waals surface area (Å²) < 4.78 is 11.1. The van der Waals surface area contributed by atoms with E-state index < -0.39 is 0 Å². The fraction of sp³-hybridized carbons (Fsp3) is 0.130. The van der Waals surface area contributed by atoms with E-state index >= 15 is 0 Å². The summed E-state index contributed by atoms with van der Waals surface area (Å²) in [6.45, 7) is 2.03. The third-order valence-electron chi connectivity index (χ3n) is 4.54. The Morgan fingerprint density at radius 2 is 1.76 bits per heavy atom. The number of carbonyl (C=O) groups excluding carboxylic acids is 1. The van der Waals surface area contributed by atoms with Gasteiger partial charge in [-0.25, -0.2) is 4.99 Å². The fourth-order valence-electron chi connectivity index (χ4n) is 2.85. The first-order valence-electron chi connectivity index (χ1n) is 9.11. The van der Waals surface area contributed by atoms with E-state index in [1.54, 1.807) is 25.1 Å². The lowest BCUT2D eigenvalue weighted by Gasteiger charge is -2.07. The maximum Gasteiger partial charge on any atom is 0.266 e. The molecular formula is C23H20N2O3S. The third-order valence-corrected chi connectivity index (χ3v) is 5.60. The van der Waals surface area contributed by atoms with Crippen molar-refractivity contribution in [1.82, 2.24) is 4.90 Å². The molecule has 0 atom stereocenters. The van der Waals surface area contributed by atoms with E-state index in [2.05, 4.69) is 4.99 Å². The van der Waals surface area contributed by atoms with Gasteiger partial charge in [-0.3, -0.25) is 9.69 Å². The van der Waals surface area contributed by atoms with Gasteiger partial charge >= 0.3 is 0 Å². The summed E-state index contributed by atoms with van der Waals surface area (Å²) in [7, 11) is 3.37. The van der Waals surface area contributed by atoms with E-state index in [9.17, 15) is 4.79 Å². The minimum absolute atomic E-state index is 0.0942. The highest BCUT2D eigenvalue weighted by Crippen LogP contribution is 2.34. The molecule has 1 saturated heterocycles. The number of aryl methyl sites for hydroxylation is 1. The maximum absolute atomic E-state index is 12.6. The minimum Gasteiger partial charge on any atom is -0.497 e. The van der Waals surface area contributed by atoms with E-state index in [1.807, 2.05) is 67.6 Å². The topological polar surface area (TPSA) is 55.0 Å². The molecule has 3 aromatic rings. The second-order valence-electron chi connectivity index (χ2n) is 6.64. The average Bonchev–Trinajstić information content (AvgIpc) is 3.31. The highest BCUT2D eigenvalue weighted by atomic mass is 32.2. The van der Waals surface area contributed by atoms with Crippen LogP contribution in [0.25, 0.3) is 17.4 Å². The number of benzene rings is 2. The van der Waals surface area contributed by atoms with E-state index in [4.69, 9.17) is 9.15 Å². The first-order chi connectivity index (χ1) is 14.0. The van der Waals surface area contributed by atoms with Crippen LogP contribution in [0.4, 0.5) is 5.69 Å². The molecule has 0 spiro atoms. The quantitative estimate of drug-likeness (QED) is 0.539. The molecule has 0 aliphatic carbocycles. The molecule has 0 N–H and O–H groups in total. The van der Waals surface area contributed by atoms with Gasteiger partial charge in [-0.15, -0.1) is 0 Å². The molecule has 0 saturated carbocycles. The molecule has 146 valence electrons. The number of likely N-dealkylation sites (N-methyl/N-ethyl adjacent to an activating group) is 1. The van der Waals surface area contributed by atoms with Crippen molar-refractivity contribution in [2.45, 2.75) is 6.92 Å². The summed E-state index contributed by atoms with van der Waals surface area (Å²) in [6, 6.07) is 19.3. The first kappa shape index (κ1) is 19.1. The zero-order valence-electron chi connectivity index (χ0n) is 16.4. The number of aliphatic imine (C=N–C) groups is 1. The number of carbonyl (C=O) groups is 1. The molecule has 4 rings (SSSR count). The van der Waals surface area contributed by atoms with Crippen molar-refractivity contribution in [2.75, 3.05) is 14.2 Å². The number of thioether (sulfide) groups is 1. The van der Waals surface area contributed by atoms with Crippen LogP contribution in [0.1, 0.15) is 11.3 Å². The largest absolute Gasteiger partial charge is 0.497 e. The predicted molar refractivity (Wildman–Crippen MR) is 117 cm³/mol. The summed E-state index contributed by atoms with van der Waals surface area (Å²) in [6.07, 6.45) is 1.76. The molecule has 29 heavy (non-hydrogen) atoms. The number of nitrogens with zero attached hydrogens (tertiary/aromatic N) is 2. The Kier molecular flexibility index (Phi) is 5.27. The molecule has 2 aromatic carbocycles. The van der Waals surface area contributed by atoms with Gasteiger partial charge in [0.2, 0.25) is 0 Å². The SMILES string of the molecule is COc1ccc(-c2ccc(C=C3SC(=Nc4ccc(C)cc4)N(C)C3=O)o2)cc1. The van der Waals surface area contributed by atoms with Crippen LogP contribution in [0, 0.1) is 6.92 Å². The Hall–Kier alpha value is -3.25. The van der Waals surface area contributed by atoms with Gasteiger partial charge in [-0.1, -0.05) is 17.7 Å². The van der Waals surface area contributed by atoms with Gasteiger partial charge in [0.25, 0.3) is 5.91 Å². The number of hydrogen-bond donors (Lipinski definition) is 0. The van der Waals surface area contributed by atoms with Crippen molar-refractivity contribution in [1.29, 1.82) is 0 Å². The predicted octanol–water partition coefficient (Wildman–Crippen LogP) is 5.50. The van der Waals surface area contributed by atoms with Crippen LogP contribution in [-0.2, 0) is 4.79 Å². The van der Waals surface area contributed by atoms with Crippen molar-refractivity contribution in [3.05, 3.63) is 76.9 Å². The van der Waals surface area contributed by atoms with E-state index in [0.717, 1.165) is 22.8 Å². The van der Waals surface area contributed by atoms with Gasteiger partial charge in [-0.05, 0) is 67.2 Å². The van der Waals surface area contributed by atoms with Crippen LogP contribution in [0.3, 0.4) is 0 Å². The molecule has 1 aromatic heterocycles. The number of ether oxygens (including phenoxy) is 1. The van der Waals surface area contributed by atoms with E-state index in [0.29, 0.717) is 15.8 Å². The van der Waals surface area contributed by atoms with Crippen LogP contribution in [0.15, 0.2) is 75.0 Å². The Labute approximate surface area is 173 Å². The molecule has 1 aliphatic heterocycles. The molecule has 6 heteroatoms. The van der Waals surface area contributed by atoms with Crippen LogP contribution >= 0.6 is 11.8 Å². The highest BCUT2D eigenvalue weighted by Gasteiger charge is 2.30. The summed E-state index contributed by atoms with van der Waals surface area (Å²) in [4.78, 5) is 19.3. The van der Waals surface area contributed by atoms with E-state index in [1.165, 1.54) is 17.3 Å². The third kappa shape index (κ3) is 4.12. The number of amidine groups is 1. The van der Waals surface area contributed by atoms with Gasteiger partial charge in [0, 0.05) is 18.7 Å². The second-order valence-corrected chi connectivity index (χ2v) is 7.64. The molecule has 1 amide bonds. The monoisotopic (exact) mass is 404 g/mol. The van der Waals surface area contributed by atoms with Crippen molar-refractivity contribution >= 4 is 34.6 Å². The van der Waals surface area contributed by atoms with Crippen LogP contribution < -0.4 is 4.74 Å². The molecule has 1 aliphatic rings. The number of rotatable bonds is 4. The number of amides is 1. The molecule has 0 bridgehead atoms. The smallest absolute Gasteiger partial charge is 0.266 e. The summed E-state index contributed by atoms with van der Waals surface area (Å²) in [5, 5.41) is 0.645. The lowest BCUT2D eigenvalue weighted by Crippen LogP contribution is -2.23. The lowest BCUT2D eigenvalue weighted by atomic mass is 10.2. The standard InChI is InChI=1S/C23H20N2O3S/c1-15-4-8-17(9-5-15)24-23-25(2)22(26)21(29-23)14-19-12-13-20(28-19)16-6-10-18(27-3)11-7-16/h4-14H,1-3H3. The Morgan fingerprint density at radius 3 is 2.45 bits per heavy atom. The molecule has 0 radical (unpaired) electrons. The Morgan fingerprint density at radius 1 is 1.03 bits per heavy atom.